The first-order valence-corrected chi connectivity index (χ1v) is 53.1. The normalized spacial score (nSPS) is 54.2. The van der Waals surface area contributed by atoms with Gasteiger partial charge in [-0.3, -0.25) is 9.59 Å². The lowest BCUT2D eigenvalue weighted by molar-refractivity contribution is -0.159. The third kappa shape index (κ3) is 17.1. The smallest absolute Gasteiger partial charge is 0.139 e. The lowest BCUT2D eigenvalue weighted by Gasteiger charge is -2.63. The quantitative estimate of drug-likeness (QED) is 0.122. The third-order valence-electron chi connectivity index (χ3n) is 47.6. The number of aliphatic hydroxyl groups is 7. The minimum absolute atomic E-state index is 0. The van der Waals surface area contributed by atoms with Crippen molar-refractivity contribution < 1.29 is 45.3 Å². The fraction of sp³-hybridized carbons (Fsp3) is 0.966. The van der Waals surface area contributed by atoms with Gasteiger partial charge in [0, 0.05) is 17.8 Å². The summed E-state index contributed by atoms with van der Waals surface area (Å²) in [4.78, 5) is 24.7. The lowest BCUT2D eigenvalue weighted by atomic mass is 9.42. The van der Waals surface area contributed by atoms with Crippen molar-refractivity contribution in [1.29, 1.82) is 0 Å². The molecule has 7 N–H and O–H groups in total. The predicted octanol–water partition coefficient (Wildman–Crippen LogP) is 29.1. The molecule has 0 aliphatic heterocycles. The van der Waals surface area contributed by atoms with Gasteiger partial charge in [-0.2, -0.15) is 0 Å². The Bertz CT molecular complexity index is 3660. The maximum atomic E-state index is 12.5. The van der Waals surface area contributed by atoms with Crippen LogP contribution in [-0.4, -0.2) is 87.5 Å². The van der Waals surface area contributed by atoms with E-state index in [0.717, 1.165) is 203 Å². The monoisotopic (exact) mass is 1740 g/mol. The molecule has 9 heteroatoms. The van der Waals surface area contributed by atoms with Crippen LogP contribution in [0.3, 0.4) is 0 Å². The summed E-state index contributed by atoms with van der Waals surface area (Å²) in [5, 5.41) is 74.2. The SMILES string of the molecule is C.C.C.C.C.CC=C1CC[C@H]2[C@@H]3CC[C@H]4C[C@](C)(O)CC[C@]4(CC)[C@H]3CC[C@]12C.CC[C@]12CCC(C)(O)C[C@@H]1CC[C@H]1[C@@H]3CC[C@H](C(C)O)[C@@]3(C)CC[C@@H]12.CC[C@]12CC[C@@](C)(O)C[C@@H]1CC[C@@H]1[C@@H]2CC[C@]2(C)C(=O)CC[C@@H]12.CC[C@]12CC[C@@](C)(O)C[C@@H]1CC[C@@H]1[C@@H]2CC[C@]2(C)C(O)CC[C@@H]12.CC[C@]12CC[C@@](C)(O)C[C@@H]1CC[C@H]1[C@@H]3CC[C@H](C(C)=O)[C@@]3(C)CC[C@@H]12. The van der Waals surface area contributed by atoms with Gasteiger partial charge >= 0.3 is 0 Å². The topological polar surface area (TPSA) is 176 Å². The number of carbonyl (C=O) groups is 2. The number of hydrogen-bond donors (Lipinski definition) is 7. The third-order valence-corrected chi connectivity index (χ3v) is 47.6. The molecule has 3 unspecified atom stereocenters. The van der Waals surface area contributed by atoms with Crippen LogP contribution in [0.25, 0.3) is 0 Å². The standard InChI is InChI=1S/C23H40O2.C23H38O2.C23H38O.C21H36O2.C21H34O2.5CH4/c2*1-5-23-13-12-21(3,25)14-16(23)6-7-17-19-9-8-18(15(2)24)22(19,4)11-10-20(17)23;1-5-16-8-10-19-18-9-7-17-15-21(3,24)13-14-23(17,6-2)20(18)11-12-22(16,19)4;2*1-4-21-12-11-19(2,23)13-14(21)5-6-15-16-7-8-18(22)20(16,3)10-9-17(15)21;;;;;/h15-20,24-25H,5-14H2,1-4H3;16-20,25H,5-14H2,1-4H3;5,17-20,24H,6-15H2,1-4H3;14-18,22-23H,4-13H2,1-3H3;14-17,23H,4-13H2,1-3H3;5*1H4/t15?,16-,17-,18+,19-,20-,21?,22+,23-;16-,17-,18+,19-,20-,21+,22+,23-;17-,18-,19-,20-,21+,22+,23-;14-,15-,16-,17-,18?,19+,20-,21-;14-,15-,16-,17-,19+,20-,21-;;;;;/m00000...../s1. The number of ketones is 2. The summed E-state index contributed by atoms with van der Waals surface area (Å²) >= 11 is 0. The number of allylic oxidation sites excluding steroid dienone is 2. The lowest BCUT2D eigenvalue weighted by Crippen LogP contribution is -2.56. The van der Waals surface area contributed by atoms with Gasteiger partial charge in [-0.15, -0.1) is 0 Å². The Labute approximate surface area is 771 Å². The van der Waals surface area contributed by atoms with Gasteiger partial charge in [-0.1, -0.05) is 118 Å². The number of Topliss-reactive ketones (excluding diaryl/α,β-unsaturated/α-hetero) is 2. The average Bonchev–Trinajstić information content (AvgIpc) is 1.70. The van der Waals surface area contributed by atoms with E-state index in [1.54, 1.807) is 5.57 Å². The summed E-state index contributed by atoms with van der Waals surface area (Å²) in [5.74, 6) is 18.1. The van der Waals surface area contributed by atoms with Crippen molar-refractivity contribution >= 4 is 11.6 Å². The summed E-state index contributed by atoms with van der Waals surface area (Å²) in [7, 11) is 0. The van der Waals surface area contributed by atoms with Gasteiger partial charge in [-0.25, -0.2) is 0 Å². The van der Waals surface area contributed by atoms with Crippen molar-refractivity contribution in [1.82, 2.24) is 0 Å². The minimum Gasteiger partial charge on any atom is -0.393 e. The molecule has 0 bridgehead atoms. The summed E-state index contributed by atoms with van der Waals surface area (Å²) in [6, 6.07) is 0. The van der Waals surface area contributed by atoms with Crippen LogP contribution in [0.2, 0.25) is 0 Å². The molecule has 0 saturated heterocycles. The van der Waals surface area contributed by atoms with Gasteiger partial charge in [0.15, 0.2) is 0 Å². The molecule has 20 rings (SSSR count). The molecule has 0 aromatic rings. The van der Waals surface area contributed by atoms with Crippen molar-refractivity contribution in [2.24, 2.45) is 184 Å². The molecule has 0 amide bonds. The Balaban J connectivity index is 0.000000150. The van der Waals surface area contributed by atoms with Gasteiger partial charge in [0.1, 0.15) is 11.6 Å². The largest absolute Gasteiger partial charge is 0.393 e. The summed E-state index contributed by atoms with van der Waals surface area (Å²) < 4.78 is 0. The molecule has 39 atom stereocenters. The van der Waals surface area contributed by atoms with E-state index in [4.69, 9.17) is 0 Å². The second-order valence-electron chi connectivity index (χ2n) is 51.8. The Morgan fingerprint density at radius 1 is 0.336 bits per heavy atom. The predicted molar refractivity (Wildman–Crippen MR) is 523 cm³/mol. The first kappa shape index (κ1) is 104. The molecule has 20 fully saturated rings. The fourth-order valence-electron chi connectivity index (χ4n) is 41.3. The van der Waals surface area contributed by atoms with Crippen molar-refractivity contribution in [3.05, 3.63) is 11.6 Å². The van der Waals surface area contributed by atoms with E-state index in [1.807, 2.05) is 20.8 Å². The fourth-order valence-corrected chi connectivity index (χ4v) is 41.3. The molecule has 0 aromatic heterocycles. The van der Waals surface area contributed by atoms with Crippen LogP contribution in [-0.2, 0) is 9.59 Å². The Morgan fingerprint density at radius 2 is 0.624 bits per heavy atom. The number of aliphatic hydroxyl groups excluding tert-OH is 2. The van der Waals surface area contributed by atoms with Crippen molar-refractivity contribution in [3.63, 3.8) is 0 Å². The Morgan fingerprint density at radius 3 is 0.968 bits per heavy atom. The Kier molecular flexibility index (Phi) is 31.2. The minimum atomic E-state index is -0.442. The van der Waals surface area contributed by atoms with Gasteiger partial charge < -0.3 is 35.7 Å². The maximum absolute atomic E-state index is 12.5. The summed E-state index contributed by atoms with van der Waals surface area (Å²) in [6.07, 6.45) is 63.6. The van der Waals surface area contributed by atoms with Crippen LogP contribution in [0, 0.1) is 184 Å². The summed E-state index contributed by atoms with van der Waals surface area (Å²) in [6.45, 7) is 40.7. The molecule has 20 aliphatic rings. The highest BCUT2D eigenvalue weighted by molar-refractivity contribution is 5.87. The van der Waals surface area contributed by atoms with E-state index < -0.39 is 28.0 Å². The van der Waals surface area contributed by atoms with E-state index in [-0.39, 0.29) is 65.6 Å². The van der Waals surface area contributed by atoms with Gasteiger partial charge in [0.25, 0.3) is 0 Å². The zero-order valence-electron chi connectivity index (χ0n) is 80.7. The van der Waals surface area contributed by atoms with Crippen LogP contribution >= 0.6 is 0 Å². The van der Waals surface area contributed by atoms with Crippen LogP contribution in [0.5, 0.6) is 0 Å². The van der Waals surface area contributed by atoms with Crippen molar-refractivity contribution in [3.8, 4) is 0 Å². The first-order chi connectivity index (χ1) is 56.5. The molecule has 0 heterocycles. The van der Waals surface area contributed by atoms with Crippen LogP contribution < -0.4 is 0 Å². The van der Waals surface area contributed by atoms with E-state index in [0.29, 0.717) is 73.1 Å². The zero-order valence-corrected chi connectivity index (χ0v) is 80.7. The second kappa shape index (κ2) is 37.4. The molecule has 724 valence electrons. The molecular weight excluding hydrogens is 1540 g/mol. The highest BCUT2D eigenvalue weighted by atomic mass is 16.3. The van der Waals surface area contributed by atoms with Crippen LogP contribution in [0.4, 0.5) is 0 Å². The van der Waals surface area contributed by atoms with Crippen molar-refractivity contribution in [2.75, 3.05) is 0 Å². The molecular formula is C116H206O9. The maximum Gasteiger partial charge on any atom is 0.139 e. The molecule has 20 saturated carbocycles. The zero-order chi connectivity index (χ0) is 86.2. The van der Waals surface area contributed by atoms with E-state index in [9.17, 15) is 45.3 Å². The van der Waals surface area contributed by atoms with Gasteiger partial charge in [0.05, 0.1) is 40.2 Å². The van der Waals surface area contributed by atoms with Crippen molar-refractivity contribution in [2.45, 2.75) is 523 Å². The molecule has 9 nitrogen and oxygen atoms in total. The van der Waals surface area contributed by atoms with Gasteiger partial charge in [-0.05, 0) is 543 Å². The number of fused-ring (bicyclic) bond motifs is 25. The molecule has 0 radical (unpaired) electrons. The number of carbonyl (C=O) groups excluding carboxylic acids is 2. The first-order valence-electron chi connectivity index (χ1n) is 53.1. The Hall–Kier alpha value is -1.20. The van der Waals surface area contributed by atoms with Crippen LogP contribution in [0.15, 0.2) is 11.6 Å². The second-order valence-corrected chi connectivity index (χ2v) is 51.8. The molecule has 0 aromatic carbocycles. The van der Waals surface area contributed by atoms with E-state index >= 15 is 0 Å². The molecule has 0 spiro atoms. The molecule has 20 aliphatic carbocycles. The number of hydrogen-bond acceptors (Lipinski definition) is 9. The average molecular weight is 1740 g/mol. The number of rotatable bonds is 7. The highest BCUT2D eigenvalue weighted by Crippen LogP contribution is 2.76. The molecule has 125 heavy (non-hydrogen) atoms. The summed E-state index contributed by atoms with van der Waals surface area (Å²) in [5.41, 5.74) is 3.45. The van der Waals surface area contributed by atoms with Crippen LogP contribution in [0.1, 0.15) is 483 Å². The van der Waals surface area contributed by atoms with E-state index in [2.05, 4.69) is 110 Å². The van der Waals surface area contributed by atoms with Gasteiger partial charge in [0.2, 0.25) is 0 Å². The highest BCUT2D eigenvalue weighted by Gasteiger charge is 2.69. The van der Waals surface area contributed by atoms with E-state index in [1.165, 1.54) is 225 Å².